The average Bonchev–Trinajstić information content (AvgIpc) is 2.98. The van der Waals surface area contributed by atoms with Crippen molar-refractivity contribution in [2.24, 2.45) is 5.73 Å². The van der Waals surface area contributed by atoms with E-state index in [2.05, 4.69) is 10.3 Å². The Hall–Kier alpha value is -0.940. The molecule has 1 fully saturated rings. The highest BCUT2D eigenvalue weighted by molar-refractivity contribution is 4.92. The summed E-state index contributed by atoms with van der Waals surface area (Å²) in [6.07, 6.45) is 9.06. The molecule has 5 nitrogen and oxygen atoms in total. The number of hydrogen-bond acceptors (Lipinski definition) is 4. The maximum Gasteiger partial charge on any atom is 0.0827 e. The summed E-state index contributed by atoms with van der Waals surface area (Å²) in [6.45, 7) is 2.59. The fourth-order valence-corrected chi connectivity index (χ4v) is 2.16. The van der Waals surface area contributed by atoms with Gasteiger partial charge >= 0.3 is 0 Å². The summed E-state index contributed by atoms with van der Waals surface area (Å²) in [5, 5.41) is 8.30. The lowest BCUT2D eigenvalue weighted by atomic mass is 10.2. The Morgan fingerprint density at radius 2 is 2.41 bits per heavy atom. The van der Waals surface area contributed by atoms with Crippen LogP contribution in [0.1, 0.15) is 37.8 Å². The van der Waals surface area contributed by atoms with Crippen LogP contribution in [0.2, 0.25) is 0 Å². The zero-order chi connectivity index (χ0) is 11.9. The van der Waals surface area contributed by atoms with Crippen LogP contribution in [0.15, 0.2) is 6.20 Å². The maximum absolute atomic E-state index is 5.59. The number of unbranched alkanes of at least 4 members (excludes halogenated alkanes) is 1. The van der Waals surface area contributed by atoms with Crippen LogP contribution in [-0.4, -0.2) is 34.2 Å². The molecule has 0 bridgehead atoms. The summed E-state index contributed by atoms with van der Waals surface area (Å²) in [5.74, 6) is 0. The van der Waals surface area contributed by atoms with Crippen LogP contribution in [0.25, 0.3) is 0 Å². The molecule has 0 radical (unpaired) electrons. The van der Waals surface area contributed by atoms with Gasteiger partial charge in [-0.2, -0.15) is 0 Å². The molecule has 2 heterocycles. The van der Waals surface area contributed by atoms with Crippen LogP contribution in [0.4, 0.5) is 0 Å². The van der Waals surface area contributed by atoms with Gasteiger partial charge in [0, 0.05) is 19.3 Å². The van der Waals surface area contributed by atoms with E-state index in [9.17, 15) is 0 Å². The van der Waals surface area contributed by atoms with Crippen molar-refractivity contribution in [2.75, 3.05) is 13.2 Å². The van der Waals surface area contributed by atoms with E-state index in [1.807, 2.05) is 10.9 Å². The first-order chi connectivity index (χ1) is 8.38. The van der Waals surface area contributed by atoms with Gasteiger partial charge in [-0.05, 0) is 45.1 Å². The predicted octanol–water partition coefficient (Wildman–Crippen LogP) is 1.13. The summed E-state index contributed by atoms with van der Waals surface area (Å²) in [5.41, 5.74) is 6.54. The molecule has 5 heteroatoms. The number of aromatic nitrogens is 3. The van der Waals surface area contributed by atoms with Gasteiger partial charge in [0.25, 0.3) is 0 Å². The molecule has 0 amide bonds. The SMILES string of the molecule is NCCCCc1cn(CCC2CCCO2)nn1. The van der Waals surface area contributed by atoms with Crippen molar-refractivity contribution in [3.8, 4) is 0 Å². The van der Waals surface area contributed by atoms with Gasteiger partial charge in [0.1, 0.15) is 0 Å². The minimum atomic E-state index is 0.430. The molecule has 1 aromatic heterocycles. The molecule has 96 valence electrons. The fraction of sp³-hybridized carbons (Fsp3) is 0.833. The summed E-state index contributed by atoms with van der Waals surface area (Å²) in [4.78, 5) is 0. The van der Waals surface area contributed by atoms with Gasteiger partial charge in [0.2, 0.25) is 0 Å². The Bertz CT molecular complexity index is 320. The molecular weight excluding hydrogens is 216 g/mol. The summed E-state index contributed by atoms with van der Waals surface area (Å²) < 4.78 is 7.52. The largest absolute Gasteiger partial charge is 0.378 e. The Morgan fingerprint density at radius 1 is 1.47 bits per heavy atom. The van der Waals surface area contributed by atoms with Gasteiger partial charge in [-0.1, -0.05) is 5.21 Å². The summed E-state index contributed by atoms with van der Waals surface area (Å²) in [6, 6.07) is 0. The lowest BCUT2D eigenvalue weighted by molar-refractivity contribution is 0.0993. The van der Waals surface area contributed by atoms with Crippen molar-refractivity contribution in [3.05, 3.63) is 11.9 Å². The average molecular weight is 238 g/mol. The standard InChI is InChI=1S/C12H22N4O/c13-7-2-1-4-11-10-16(15-14-11)8-6-12-5-3-9-17-12/h10,12H,1-9,13H2. The van der Waals surface area contributed by atoms with Crippen molar-refractivity contribution in [1.29, 1.82) is 0 Å². The summed E-state index contributed by atoms with van der Waals surface area (Å²) in [7, 11) is 0. The van der Waals surface area contributed by atoms with Crippen molar-refractivity contribution in [3.63, 3.8) is 0 Å². The molecule has 1 atom stereocenters. The molecule has 0 aliphatic carbocycles. The molecule has 0 aromatic carbocycles. The van der Waals surface area contributed by atoms with E-state index in [-0.39, 0.29) is 0 Å². The Kier molecular flexibility index (Phi) is 4.94. The smallest absolute Gasteiger partial charge is 0.0827 e. The molecule has 0 saturated carbocycles. The highest BCUT2D eigenvalue weighted by atomic mass is 16.5. The van der Waals surface area contributed by atoms with Crippen LogP contribution in [0.5, 0.6) is 0 Å². The number of nitrogens with zero attached hydrogens (tertiary/aromatic N) is 3. The van der Waals surface area contributed by atoms with Gasteiger partial charge in [-0.15, -0.1) is 5.10 Å². The number of aryl methyl sites for hydroxylation is 2. The van der Waals surface area contributed by atoms with Crippen molar-refractivity contribution >= 4 is 0 Å². The highest BCUT2D eigenvalue weighted by Crippen LogP contribution is 2.15. The summed E-state index contributed by atoms with van der Waals surface area (Å²) >= 11 is 0. The monoisotopic (exact) mass is 238 g/mol. The Morgan fingerprint density at radius 3 is 3.18 bits per heavy atom. The van der Waals surface area contributed by atoms with E-state index in [0.29, 0.717) is 6.10 Å². The molecular formula is C12H22N4O. The quantitative estimate of drug-likeness (QED) is 0.723. The maximum atomic E-state index is 5.59. The second-order valence-corrected chi connectivity index (χ2v) is 4.64. The molecule has 2 N–H and O–H groups in total. The van der Waals surface area contributed by atoms with Crippen LogP contribution in [0, 0.1) is 0 Å². The molecule has 1 aromatic rings. The van der Waals surface area contributed by atoms with Crippen molar-refractivity contribution in [1.82, 2.24) is 15.0 Å². The van der Waals surface area contributed by atoms with E-state index in [1.54, 1.807) is 0 Å². The normalized spacial score (nSPS) is 19.9. The molecule has 1 aliphatic heterocycles. The number of hydrogen-bond donors (Lipinski definition) is 1. The van der Waals surface area contributed by atoms with Gasteiger partial charge in [0.05, 0.1) is 11.8 Å². The number of nitrogens with two attached hydrogens (primary N) is 1. The van der Waals surface area contributed by atoms with Gasteiger partial charge in [0.15, 0.2) is 0 Å². The first kappa shape index (κ1) is 12.5. The fourth-order valence-electron chi connectivity index (χ4n) is 2.16. The molecule has 2 rings (SSSR count). The lowest BCUT2D eigenvalue weighted by Crippen LogP contribution is -2.10. The minimum Gasteiger partial charge on any atom is -0.378 e. The van der Waals surface area contributed by atoms with E-state index >= 15 is 0 Å². The molecule has 0 spiro atoms. The van der Waals surface area contributed by atoms with Gasteiger partial charge in [-0.25, -0.2) is 0 Å². The van der Waals surface area contributed by atoms with Crippen LogP contribution in [-0.2, 0) is 17.7 Å². The predicted molar refractivity (Wildman–Crippen MR) is 65.6 cm³/mol. The molecule has 17 heavy (non-hydrogen) atoms. The zero-order valence-electron chi connectivity index (χ0n) is 10.3. The highest BCUT2D eigenvalue weighted by Gasteiger charge is 2.15. The molecule has 1 unspecified atom stereocenters. The van der Waals surface area contributed by atoms with Crippen molar-refractivity contribution < 1.29 is 4.74 Å². The third kappa shape index (κ3) is 4.09. The molecule has 1 saturated heterocycles. The van der Waals surface area contributed by atoms with E-state index in [1.165, 1.54) is 12.8 Å². The zero-order valence-corrected chi connectivity index (χ0v) is 10.3. The van der Waals surface area contributed by atoms with E-state index in [0.717, 1.165) is 51.1 Å². The lowest BCUT2D eigenvalue weighted by Gasteiger charge is -2.07. The topological polar surface area (TPSA) is 66.0 Å². The van der Waals surface area contributed by atoms with Crippen LogP contribution in [0.3, 0.4) is 0 Å². The van der Waals surface area contributed by atoms with Crippen LogP contribution >= 0.6 is 0 Å². The van der Waals surface area contributed by atoms with Gasteiger partial charge in [-0.3, -0.25) is 4.68 Å². The number of rotatable bonds is 7. The first-order valence-electron chi connectivity index (χ1n) is 6.59. The Labute approximate surface area is 102 Å². The van der Waals surface area contributed by atoms with Gasteiger partial charge < -0.3 is 10.5 Å². The van der Waals surface area contributed by atoms with Crippen molar-refractivity contribution in [2.45, 2.75) is 51.2 Å². The van der Waals surface area contributed by atoms with E-state index < -0.39 is 0 Å². The first-order valence-corrected chi connectivity index (χ1v) is 6.59. The van der Waals surface area contributed by atoms with Crippen LogP contribution < -0.4 is 5.73 Å². The third-order valence-electron chi connectivity index (χ3n) is 3.18. The second-order valence-electron chi connectivity index (χ2n) is 4.64. The Balaban J connectivity index is 1.69. The van der Waals surface area contributed by atoms with E-state index in [4.69, 9.17) is 10.5 Å². The minimum absolute atomic E-state index is 0.430. The number of ether oxygens (including phenoxy) is 1. The molecule has 1 aliphatic rings. The second kappa shape index (κ2) is 6.71. The third-order valence-corrected chi connectivity index (χ3v) is 3.18.